The van der Waals surface area contributed by atoms with Crippen LogP contribution in [-0.2, 0) is 0 Å². The van der Waals surface area contributed by atoms with Crippen molar-refractivity contribution in [2.45, 2.75) is 31.7 Å². The fourth-order valence-electron chi connectivity index (χ4n) is 2.35. The molecule has 0 unspecified atom stereocenters. The van der Waals surface area contributed by atoms with E-state index in [1.54, 1.807) is 12.1 Å². The van der Waals surface area contributed by atoms with Gasteiger partial charge in [0.25, 0.3) is 0 Å². The average molecular weight is 203 g/mol. The van der Waals surface area contributed by atoms with Gasteiger partial charge in [-0.05, 0) is 25.0 Å². The van der Waals surface area contributed by atoms with Gasteiger partial charge in [-0.3, -0.25) is 0 Å². The number of aromatic hydroxyl groups is 1. The summed E-state index contributed by atoms with van der Waals surface area (Å²) in [6.45, 7) is 0. The molecule has 0 amide bonds. The molecule has 0 saturated heterocycles. The van der Waals surface area contributed by atoms with Crippen molar-refractivity contribution in [1.29, 1.82) is 0 Å². The van der Waals surface area contributed by atoms with Crippen LogP contribution in [0.3, 0.4) is 0 Å². The van der Waals surface area contributed by atoms with Gasteiger partial charge in [0.2, 0.25) is 0 Å². The Bertz CT molecular complexity index is 486. The fraction of sp³-hybridized carbons (Fsp3) is 0.455. The molecule has 2 aromatic rings. The predicted molar refractivity (Wildman–Crippen MR) is 56.7 cm³/mol. The van der Waals surface area contributed by atoms with Crippen molar-refractivity contribution >= 4 is 11.0 Å². The Morgan fingerprint density at radius 1 is 1.27 bits per heavy atom. The van der Waals surface area contributed by atoms with E-state index in [9.17, 15) is 5.11 Å². The van der Waals surface area contributed by atoms with E-state index in [0.29, 0.717) is 6.04 Å². The van der Waals surface area contributed by atoms with E-state index in [0.717, 1.165) is 11.0 Å². The molecular weight excluding hydrogens is 190 g/mol. The smallest absolute Gasteiger partial charge is 0.117 e. The van der Waals surface area contributed by atoms with Gasteiger partial charge in [-0.1, -0.05) is 18.1 Å². The lowest BCUT2D eigenvalue weighted by atomic mass is 10.2. The number of aromatic nitrogens is 3. The number of rotatable bonds is 1. The number of phenols is 1. The summed E-state index contributed by atoms with van der Waals surface area (Å²) in [4.78, 5) is 0. The Hall–Kier alpha value is -1.58. The molecule has 1 saturated carbocycles. The summed E-state index contributed by atoms with van der Waals surface area (Å²) >= 11 is 0. The zero-order chi connectivity index (χ0) is 10.3. The third-order valence-corrected chi connectivity index (χ3v) is 3.13. The Labute approximate surface area is 87.5 Å². The standard InChI is InChI=1S/C11H13N3O/c15-9-5-6-11-10(7-9)12-13-14(11)8-3-1-2-4-8/h5-8,15H,1-4H2. The highest BCUT2D eigenvalue weighted by atomic mass is 16.3. The lowest BCUT2D eigenvalue weighted by Gasteiger charge is -2.09. The highest BCUT2D eigenvalue weighted by molar-refractivity contribution is 5.75. The minimum atomic E-state index is 0.251. The largest absolute Gasteiger partial charge is 0.508 e. The molecule has 1 aromatic carbocycles. The maximum atomic E-state index is 9.33. The SMILES string of the molecule is Oc1ccc2c(c1)nnn2C1CCCC1. The number of phenolic OH excluding ortho intramolecular Hbond substituents is 1. The number of nitrogens with zero attached hydrogens (tertiary/aromatic N) is 3. The zero-order valence-electron chi connectivity index (χ0n) is 8.43. The van der Waals surface area contributed by atoms with Crippen LogP contribution in [0.2, 0.25) is 0 Å². The van der Waals surface area contributed by atoms with E-state index >= 15 is 0 Å². The van der Waals surface area contributed by atoms with E-state index in [1.165, 1.54) is 25.7 Å². The fourth-order valence-corrected chi connectivity index (χ4v) is 2.35. The number of hydrogen-bond donors (Lipinski definition) is 1. The van der Waals surface area contributed by atoms with Crippen molar-refractivity contribution in [2.24, 2.45) is 0 Å². The van der Waals surface area contributed by atoms with Crippen molar-refractivity contribution in [2.75, 3.05) is 0 Å². The van der Waals surface area contributed by atoms with Crippen LogP contribution in [0.15, 0.2) is 18.2 Å². The molecule has 0 radical (unpaired) electrons. The molecular formula is C11H13N3O. The predicted octanol–water partition coefficient (Wildman–Crippen LogP) is 2.25. The number of hydrogen-bond acceptors (Lipinski definition) is 3. The second-order valence-electron chi connectivity index (χ2n) is 4.15. The molecule has 0 spiro atoms. The van der Waals surface area contributed by atoms with Gasteiger partial charge in [-0.2, -0.15) is 0 Å². The molecule has 1 aromatic heterocycles. The molecule has 1 N–H and O–H groups in total. The van der Waals surface area contributed by atoms with E-state index < -0.39 is 0 Å². The van der Waals surface area contributed by atoms with E-state index in [1.807, 2.05) is 10.7 Å². The van der Waals surface area contributed by atoms with Gasteiger partial charge in [0.15, 0.2) is 0 Å². The molecule has 1 fully saturated rings. The Balaban J connectivity index is 2.11. The summed E-state index contributed by atoms with van der Waals surface area (Å²) in [6.07, 6.45) is 4.95. The maximum Gasteiger partial charge on any atom is 0.117 e. The normalized spacial score (nSPS) is 17.6. The van der Waals surface area contributed by atoms with Crippen molar-refractivity contribution in [3.63, 3.8) is 0 Å². The average Bonchev–Trinajstić information content (AvgIpc) is 2.82. The first-order valence-electron chi connectivity index (χ1n) is 5.38. The molecule has 0 bridgehead atoms. The molecule has 1 aliphatic rings. The van der Waals surface area contributed by atoms with Crippen molar-refractivity contribution in [3.05, 3.63) is 18.2 Å². The van der Waals surface area contributed by atoms with Gasteiger partial charge >= 0.3 is 0 Å². The molecule has 4 nitrogen and oxygen atoms in total. The van der Waals surface area contributed by atoms with Crippen molar-refractivity contribution in [3.8, 4) is 5.75 Å². The second-order valence-corrected chi connectivity index (χ2v) is 4.15. The summed E-state index contributed by atoms with van der Waals surface area (Å²) in [5.74, 6) is 0.251. The van der Waals surface area contributed by atoms with E-state index in [2.05, 4.69) is 10.3 Å². The molecule has 4 heteroatoms. The first-order valence-corrected chi connectivity index (χ1v) is 5.38. The highest BCUT2D eigenvalue weighted by Gasteiger charge is 2.19. The van der Waals surface area contributed by atoms with Gasteiger partial charge in [-0.25, -0.2) is 4.68 Å². The minimum Gasteiger partial charge on any atom is -0.508 e. The molecule has 1 heterocycles. The minimum absolute atomic E-state index is 0.251. The van der Waals surface area contributed by atoms with Crippen LogP contribution in [-0.4, -0.2) is 20.1 Å². The van der Waals surface area contributed by atoms with Crippen LogP contribution >= 0.6 is 0 Å². The van der Waals surface area contributed by atoms with Crippen LogP contribution in [0, 0.1) is 0 Å². The summed E-state index contributed by atoms with van der Waals surface area (Å²) in [5, 5.41) is 17.6. The van der Waals surface area contributed by atoms with E-state index in [4.69, 9.17) is 0 Å². The monoisotopic (exact) mass is 203 g/mol. The quantitative estimate of drug-likeness (QED) is 0.773. The van der Waals surface area contributed by atoms with Crippen molar-refractivity contribution < 1.29 is 5.11 Å². The third-order valence-electron chi connectivity index (χ3n) is 3.13. The van der Waals surface area contributed by atoms with Gasteiger partial charge in [-0.15, -0.1) is 5.10 Å². The lowest BCUT2D eigenvalue weighted by molar-refractivity contribution is 0.467. The van der Waals surface area contributed by atoms with Crippen molar-refractivity contribution in [1.82, 2.24) is 15.0 Å². The van der Waals surface area contributed by atoms with Crippen LogP contribution < -0.4 is 0 Å². The summed E-state index contributed by atoms with van der Waals surface area (Å²) in [6, 6.07) is 5.74. The van der Waals surface area contributed by atoms with Gasteiger partial charge in [0, 0.05) is 6.07 Å². The maximum absolute atomic E-state index is 9.33. The first-order chi connectivity index (χ1) is 7.34. The molecule has 78 valence electrons. The zero-order valence-corrected chi connectivity index (χ0v) is 8.43. The van der Waals surface area contributed by atoms with Gasteiger partial charge in [0.1, 0.15) is 11.3 Å². The van der Waals surface area contributed by atoms with Crippen LogP contribution in [0.5, 0.6) is 5.75 Å². The summed E-state index contributed by atoms with van der Waals surface area (Å²) in [7, 11) is 0. The molecule has 0 aliphatic heterocycles. The highest BCUT2D eigenvalue weighted by Crippen LogP contribution is 2.31. The van der Waals surface area contributed by atoms with Crippen LogP contribution in [0.25, 0.3) is 11.0 Å². The Kier molecular flexibility index (Phi) is 1.87. The third kappa shape index (κ3) is 1.37. The van der Waals surface area contributed by atoms with Crippen LogP contribution in [0.1, 0.15) is 31.7 Å². The lowest BCUT2D eigenvalue weighted by Crippen LogP contribution is -2.06. The summed E-state index contributed by atoms with van der Waals surface area (Å²) < 4.78 is 2.00. The molecule has 3 rings (SSSR count). The van der Waals surface area contributed by atoms with Gasteiger partial charge < -0.3 is 5.11 Å². The number of fused-ring (bicyclic) bond motifs is 1. The molecule has 15 heavy (non-hydrogen) atoms. The second kappa shape index (κ2) is 3.22. The number of benzene rings is 1. The van der Waals surface area contributed by atoms with E-state index in [-0.39, 0.29) is 5.75 Å². The summed E-state index contributed by atoms with van der Waals surface area (Å²) in [5.41, 5.74) is 1.81. The Morgan fingerprint density at radius 3 is 2.87 bits per heavy atom. The molecule has 1 aliphatic carbocycles. The topological polar surface area (TPSA) is 50.9 Å². The molecule has 0 atom stereocenters. The first kappa shape index (κ1) is 8.71. The Morgan fingerprint density at radius 2 is 2.07 bits per heavy atom. The van der Waals surface area contributed by atoms with Crippen LogP contribution in [0.4, 0.5) is 0 Å². The van der Waals surface area contributed by atoms with Gasteiger partial charge in [0.05, 0.1) is 11.6 Å².